The van der Waals surface area contributed by atoms with Crippen LogP contribution in [0.4, 0.5) is 5.69 Å². The number of ether oxygens (including phenoxy) is 2. The highest BCUT2D eigenvalue weighted by molar-refractivity contribution is 6.30. The Kier molecular flexibility index (Phi) is 5.01. The van der Waals surface area contributed by atoms with Crippen LogP contribution in [0.25, 0.3) is 0 Å². The molecule has 0 aliphatic carbocycles. The molecule has 0 bridgehead atoms. The summed E-state index contributed by atoms with van der Waals surface area (Å²) in [6.07, 6.45) is 1.96. The molecule has 0 amide bonds. The van der Waals surface area contributed by atoms with E-state index < -0.39 is 0 Å². The number of halogens is 1. The monoisotopic (exact) mass is 345 g/mol. The maximum atomic E-state index is 5.96. The van der Waals surface area contributed by atoms with Crippen LogP contribution in [-0.4, -0.2) is 25.8 Å². The quantitative estimate of drug-likeness (QED) is 0.896. The zero-order valence-corrected chi connectivity index (χ0v) is 14.5. The second-order valence-electron chi connectivity index (χ2n) is 5.42. The van der Waals surface area contributed by atoms with Gasteiger partial charge in [-0.15, -0.1) is 0 Å². The molecule has 0 spiro atoms. The predicted molar refractivity (Wildman–Crippen MR) is 95.6 cm³/mol. The van der Waals surface area contributed by atoms with E-state index in [0.29, 0.717) is 12.6 Å². The number of nitrogens with zero attached hydrogens (tertiary/aromatic N) is 2. The van der Waals surface area contributed by atoms with Gasteiger partial charge in [-0.25, -0.2) is 0 Å². The van der Waals surface area contributed by atoms with Gasteiger partial charge in [-0.3, -0.25) is 10.4 Å². The zero-order chi connectivity index (χ0) is 16.9. The van der Waals surface area contributed by atoms with E-state index in [4.69, 9.17) is 21.1 Å². The number of nitrogens with one attached hydrogen (secondary N) is 1. The van der Waals surface area contributed by atoms with Gasteiger partial charge < -0.3 is 14.4 Å². The Morgan fingerprint density at radius 1 is 1.04 bits per heavy atom. The highest BCUT2D eigenvalue weighted by Crippen LogP contribution is 2.28. The third-order valence-electron chi connectivity index (χ3n) is 3.76. The van der Waals surface area contributed by atoms with Crippen molar-refractivity contribution in [2.75, 3.05) is 25.9 Å². The number of benzene rings is 2. The molecule has 6 heteroatoms. The van der Waals surface area contributed by atoms with E-state index >= 15 is 0 Å². The van der Waals surface area contributed by atoms with Crippen molar-refractivity contribution in [1.29, 1.82) is 0 Å². The lowest BCUT2D eigenvalue weighted by molar-refractivity contribution is 0.207. The second-order valence-corrected chi connectivity index (χ2v) is 5.86. The number of hydrogen-bond acceptors (Lipinski definition) is 5. The van der Waals surface area contributed by atoms with Gasteiger partial charge in [0.1, 0.15) is 18.1 Å². The van der Waals surface area contributed by atoms with Crippen LogP contribution in [0.5, 0.6) is 5.75 Å². The number of rotatable bonds is 5. The van der Waals surface area contributed by atoms with Crippen LogP contribution in [0.1, 0.15) is 5.56 Å². The van der Waals surface area contributed by atoms with Gasteiger partial charge in [-0.2, -0.15) is 0 Å². The van der Waals surface area contributed by atoms with Gasteiger partial charge in [0.05, 0.1) is 20.4 Å². The Labute approximate surface area is 147 Å². The van der Waals surface area contributed by atoms with Crippen molar-refractivity contribution in [3.05, 3.63) is 71.2 Å². The van der Waals surface area contributed by atoms with Crippen molar-refractivity contribution in [3.8, 4) is 5.75 Å². The zero-order valence-electron chi connectivity index (χ0n) is 13.7. The summed E-state index contributed by atoms with van der Waals surface area (Å²) in [5.74, 6) is 1.47. The fourth-order valence-corrected chi connectivity index (χ4v) is 2.72. The molecule has 0 fully saturated rings. The third kappa shape index (κ3) is 3.68. The molecule has 0 radical (unpaired) electrons. The highest BCUT2D eigenvalue weighted by atomic mass is 35.5. The number of hydrogen-bond donors (Lipinski definition) is 1. The van der Waals surface area contributed by atoms with Crippen molar-refractivity contribution in [3.63, 3.8) is 0 Å². The summed E-state index contributed by atoms with van der Waals surface area (Å²) in [5, 5.41) is 2.73. The molecule has 2 aromatic rings. The Morgan fingerprint density at radius 2 is 1.79 bits per heavy atom. The summed E-state index contributed by atoms with van der Waals surface area (Å²) in [7, 11) is 3.31. The van der Waals surface area contributed by atoms with E-state index in [1.165, 1.54) is 5.56 Å². The Hall–Kier alpha value is -2.53. The fourth-order valence-electron chi connectivity index (χ4n) is 2.59. The van der Waals surface area contributed by atoms with Crippen LogP contribution in [0.3, 0.4) is 0 Å². The molecule has 2 aromatic carbocycles. The molecule has 0 saturated heterocycles. The molecular weight excluding hydrogens is 326 g/mol. The first kappa shape index (κ1) is 16.3. The molecule has 1 N–H and O–H groups in total. The maximum Gasteiger partial charge on any atom is 0.222 e. The van der Waals surface area contributed by atoms with Gasteiger partial charge >= 0.3 is 0 Å². The lowest BCUT2D eigenvalue weighted by Crippen LogP contribution is -2.48. The molecule has 1 aliphatic heterocycles. The van der Waals surface area contributed by atoms with Gasteiger partial charge in [0, 0.05) is 11.6 Å². The molecule has 5 nitrogen and oxygen atoms in total. The Bertz CT molecular complexity index is 718. The lowest BCUT2D eigenvalue weighted by Gasteiger charge is -2.37. The Morgan fingerprint density at radius 3 is 2.50 bits per heavy atom. The van der Waals surface area contributed by atoms with Crippen LogP contribution in [-0.2, 0) is 11.3 Å². The van der Waals surface area contributed by atoms with E-state index in [9.17, 15) is 0 Å². The molecule has 126 valence electrons. The lowest BCUT2D eigenvalue weighted by atomic mass is 10.2. The van der Waals surface area contributed by atoms with Crippen molar-refractivity contribution >= 4 is 17.3 Å². The van der Waals surface area contributed by atoms with Crippen LogP contribution in [0.2, 0.25) is 5.02 Å². The number of methoxy groups -OCH3 is 2. The number of anilines is 1. The first-order valence-corrected chi connectivity index (χ1v) is 7.99. The first-order valence-electron chi connectivity index (χ1n) is 7.61. The summed E-state index contributed by atoms with van der Waals surface area (Å²) in [6.45, 7) is 1.40. The third-order valence-corrected chi connectivity index (χ3v) is 4.01. The molecule has 0 unspecified atom stereocenters. The van der Waals surface area contributed by atoms with E-state index in [-0.39, 0.29) is 0 Å². The minimum Gasteiger partial charge on any atom is -0.495 e. The number of para-hydroxylation sites is 2. The molecule has 0 atom stereocenters. The van der Waals surface area contributed by atoms with E-state index in [2.05, 4.69) is 10.3 Å². The summed E-state index contributed by atoms with van der Waals surface area (Å²) in [5.41, 5.74) is 5.37. The normalized spacial score (nSPS) is 14.0. The summed E-state index contributed by atoms with van der Waals surface area (Å²) >= 11 is 5.96. The fraction of sp³-hybridized carbons (Fsp3) is 0.222. The van der Waals surface area contributed by atoms with Crippen LogP contribution >= 0.6 is 11.6 Å². The predicted octanol–water partition coefficient (Wildman–Crippen LogP) is 3.58. The van der Waals surface area contributed by atoms with E-state index in [1.807, 2.05) is 59.7 Å². The minimum atomic E-state index is 0.649. The molecule has 0 aromatic heterocycles. The smallest absolute Gasteiger partial charge is 0.222 e. The maximum absolute atomic E-state index is 5.96. The topological polar surface area (TPSA) is 37.0 Å². The molecule has 1 heterocycles. The minimum absolute atomic E-state index is 0.649. The second kappa shape index (κ2) is 7.36. The van der Waals surface area contributed by atoms with Crippen LogP contribution < -0.4 is 15.2 Å². The standard InChI is InChI=1S/C18H20ClN3O2/c1-23-17-6-4-3-5-16(17)22-13-21(12-18(20-22)24-2)11-14-7-9-15(19)10-8-14/h3-10,12,20H,11,13H2,1-2H3. The van der Waals surface area contributed by atoms with Gasteiger partial charge in [0.25, 0.3) is 0 Å². The van der Waals surface area contributed by atoms with Crippen LogP contribution in [0, 0.1) is 0 Å². The molecular formula is C18H20ClN3O2. The Balaban J connectivity index is 1.81. The van der Waals surface area contributed by atoms with Crippen molar-refractivity contribution in [2.45, 2.75) is 6.54 Å². The van der Waals surface area contributed by atoms with Crippen molar-refractivity contribution in [2.24, 2.45) is 0 Å². The molecule has 24 heavy (non-hydrogen) atoms. The molecule has 3 rings (SSSR count). The molecule has 1 aliphatic rings. The summed E-state index contributed by atoms with van der Waals surface area (Å²) < 4.78 is 10.9. The van der Waals surface area contributed by atoms with Gasteiger partial charge in [0.2, 0.25) is 5.88 Å². The first-order chi connectivity index (χ1) is 11.7. The van der Waals surface area contributed by atoms with Crippen LogP contribution in [0.15, 0.2) is 60.6 Å². The van der Waals surface area contributed by atoms with Gasteiger partial charge in [0.15, 0.2) is 0 Å². The van der Waals surface area contributed by atoms with Gasteiger partial charge in [-0.05, 0) is 29.8 Å². The largest absolute Gasteiger partial charge is 0.495 e. The highest BCUT2D eigenvalue weighted by Gasteiger charge is 2.20. The van der Waals surface area contributed by atoms with Gasteiger partial charge in [-0.1, -0.05) is 35.9 Å². The average molecular weight is 346 g/mol. The van der Waals surface area contributed by atoms with E-state index in [0.717, 1.165) is 23.0 Å². The van der Waals surface area contributed by atoms with E-state index in [1.54, 1.807) is 14.2 Å². The average Bonchev–Trinajstić information content (AvgIpc) is 2.63. The molecule has 0 saturated carbocycles. The van der Waals surface area contributed by atoms with Crippen molar-refractivity contribution in [1.82, 2.24) is 10.3 Å². The summed E-state index contributed by atoms with van der Waals surface area (Å²) in [4.78, 5) is 2.16. The summed E-state index contributed by atoms with van der Waals surface area (Å²) in [6, 6.07) is 15.7. The SMILES string of the molecule is COC1=CN(Cc2ccc(Cl)cc2)CN(c2ccccc2OC)N1. The van der Waals surface area contributed by atoms with Crippen molar-refractivity contribution < 1.29 is 9.47 Å². The number of hydrazine groups is 1.